The van der Waals surface area contributed by atoms with Gasteiger partial charge in [0.05, 0.1) is 75.0 Å². The standard InChI is InChI=1S/C24H24N2O7/c27-21-17-5-1-2-6-18(17)22(28)25(21)9-11-31-13-15-33-16-14-32-12-10-26-23(29)19-7-3-4-8-20(19)24(26)30/h1-8H,9-16H2. The Balaban J connectivity index is 1.02. The van der Waals surface area contributed by atoms with Gasteiger partial charge in [0.2, 0.25) is 0 Å². The molecule has 0 N–H and O–H groups in total. The van der Waals surface area contributed by atoms with Gasteiger partial charge in [0.25, 0.3) is 23.6 Å². The zero-order valence-corrected chi connectivity index (χ0v) is 18.0. The van der Waals surface area contributed by atoms with Crippen molar-refractivity contribution >= 4 is 23.6 Å². The number of benzene rings is 2. The molecule has 0 fully saturated rings. The number of carbonyl (C=O) groups excluding carboxylic acids is 4. The second-order valence-electron chi connectivity index (χ2n) is 7.45. The van der Waals surface area contributed by atoms with Crippen LogP contribution in [0, 0.1) is 0 Å². The maximum absolute atomic E-state index is 12.2. The number of fused-ring (bicyclic) bond motifs is 2. The van der Waals surface area contributed by atoms with Crippen molar-refractivity contribution in [2.45, 2.75) is 0 Å². The number of ether oxygens (including phenoxy) is 3. The van der Waals surface area contributed by atoms with Crippen LogP contribution in [0.5, 0.6) is 0 Å². The predicted molar refractivity (Wildman–Crippen MR) is 116 cm³/mol. The number of hydrogen-bond acceptors (Lipinski definition) is 7. The highest BCUT2D eigenvalue weighted by Crippen LogP contribution is 2.22. The fourth-order valence-corrected chi connectivity index (χ4v) is 3.74. The summed E-state index contributed by atoms with van der Waals surface area (Å²) in [6.07, 6.45) is 0. The number of nitrogens with zero attached hydrogens (tertiary/aromatic N) is 2. The summed E-state index contributed by atoms with van der Waals surface area (Å²) >= 11 is 0. The monoisotopic (exact) mass is 452 g/mol. The van der Waals surface area contributed by atoms with Crippen LogP contribution in [-0.4, -0.2) is 86.2 Å². The molecule has 4 rings (SSSR count). The molecule has 172 valence electrons. The molecule has 0 saturated carbocycles. The van der Waals surface area contributed by atoms with Crippen LogP contribution in [0.4, 0.5) is 0 Å². The lowest BCUT2D eigenvalue weighted by Crippen LogP contribution is -2.33. The van der Waals surface area contributed by atoms with Crippen molar-refractivity contribution in [3.63, 3.8) is 0 Å². The van der Waals surface area contributed by atoms with Crippen LogP contribution in [0.25, 0.3) is 0 Å². The molecule has 9 nitrogen and oxygen atoms in total. The zero-order chi connectivity index (χ0) is 23.2. The average Bonchev–Trinajstić information content (AvgIpc) is 3.23. The van der Waals surface area contributed by atoms with Crippen LogP contribution in [0.15, 0.2) is 48.5 Å². The van der Waals surface area contributed by atoms with Crippen LogP contribution >= 0.6 is 0 Å². The molecule has 2 aliphatic heterocycles. The molecule has 33 heavy (non-hydrogen) atoms. The molecule has 0 aliphatic carbocycles. The topological polar surface area (TPSA) is 102 Å². The molecule has 0 saturated heterocycles. The van der Waals surface area contributed by atoms with Gasteiger partial charge in [0.15, 0.2) is 0 Å². The highest BCUT2D eigenvalue weighted by atomic mass is 16.5. The van der Waals surface area contributed by atoms with E-state index in [9.17, 15) is 19.2 Å². The van der Waals surface area contributed by atoms with Gasteiger partial charge < -0.3 is 14.2 Å². The minimum absolute atomic E-state index is 0.188. The fraction of sp³-hybridized carbons (Fsp3) is 0.333. The Morgan fingerprint density at radius 1 is 0.455 bits per heavy atom. The van der Waals surface area contributed by atoms with E-state index in [4.69, 9.17) is 14.2 Å². The van der Waals surface area contributed by atoms with E-state index in [1.807, 2.05) is 0 Å². The van der Waals surface area contributed by atoms with E-state index in [0.717, 1.165) is 0 Å². The van der Waals surface area contributed by atoms with Crippen LogP contribution in [0.3, 0.4) is 0 Å². The third-order valence-electron chi connectivity index (χ3n) is 5.42. The van der Waals surface area contributed by atoms with Gasteiger partial charge in [0, 0.05) is 0 Å². The Hall–Kier alpha value is -3.40. The summed E-state index contributed by atoms with van der Waals surface area (Å²) in [6, 6.07) is 13.5. The van der Waals surface area contributed by atoms with E-state index >= 15 is 0 Å². The van der Waals surface area contributed by atoms with Crippen molar-refractivity contribution in [2.75, 3.05) is 52.7 Å². The SMILES string of the molecule is O=C1c2ccccc2C(=O)N1CCOCCOCCOCCN1C(=O)c2ccccc2C1=O. The van der Waals surface area contributed by atoms with Crippen molar-refractivity contribution < 1.29 is 33.4 Å². The van der Waals surface area contributed by atoms with Gasteiger partial charge in [-0.2, -0.15) is 0 Å². The Morgan fingerprint density at radius 3 is 1.03 bits per heavy atom. The summed E-state index contributed by atoms with van der Waals surface area (Å²) in [6.45, 7) is 2.14. The molecule has 0 atom stereocenters. The molecule has 0 radical (unpaired) electrons. The number of imide groups is 2. The third kappa shape index (κ3) is 4.85. The molecule has 0 aromatic heterocycles. The quantitative estimate of drug-likeness (QED) is 0.356. The van der Waals surface area contributed by atoms with E-state index < -0.39 is 0 Å². The lowest BCUT2D eigenvalue weighted by molar-refractivity contribution is 0.00854. The van der Waals surface area contributed by atoms with Gasteiger partial charge in [0.1, 0.15) is 0 Å². The number of amides is 4. The average molecular weight is 452 g/mol. The first-order valence-electron chi connectivity index (χ1n) is 10.7. The lowest BCUT2D eigenvalue weighted by Gasteiger charge is -2.14. The van der Waals surface area contributed by atoms with E-state index in [-0.39, 0.29) is 49.9 Å². The molecule has 0 spiro atoms. The van der Waals surface area contributed by atoms with Crippen molar-refractivity contribution in [1.29, 1.82) is 0 Å². The third-order valence-corrected chi connectivity index (χ3v) is 5.42. The first kappa shape index (κ1) is 22.8. The number of hydrogen-bond donors (Lipinski definition) is 0. The Kier molecular flexibility index (Phi) is 7.23. The van der Waals surface area contributed by atoms with Crippen molar-refractivity contribution in [3.8, 4) is 0 Å². The molecular weight excluding hydrogens is 428 g/mol. The molecule has 2 heterocycles. The smallest absolute Gasteiger partial charge is 0.261 e. The second-order valence-corrected chi connectivity index (χ2v) is 7.45. The summed E-state index contributed by atoms with van der Waals surface area (Å²) in [7, 11) is 0. The molecule has 9 heteroatoms. The minimum atomic E-state index is -0.297. The molecule has 0 unspecified atom stereocenters. The normalized spacial score (nSPS) is 14.9. The summed E-state index contributed by atoms with van der Waals surface area (Å²) < 4.78 is 16.3. The van der Waals surface area contributed by atoms with E-state index in [2.05, 4.69) is 0 Å². The lowest BCUT2D eigenvalue weighted by atomic mass is 10.1. The largest absolute Gasteiger partial charge is 0.377 e. The van der Waals surface area contributed by atoms with Crippen LogP contribution in [-0.2, 0) is 14.2 Å². The Morgan fingerprint density at radius 2 is 0.727 bits per heavy atom. The second kappa shape index (κ2) is 10.5. The molecule has 0 bridgehead atoms. The summed E-state index contributed by atoms with van der Waals surface area (Å²) in [5, 5.41) is 0. The molecule has 2 aromatic rings. The fourth-order valence-electron chi connectivity index (χ4n) is 3.74. The van der Waals surface area contributed by atoms with E-state index in [1.165, 1.54) is 9.80 Å². The van der Waals surface area contributed by atoms with Gasteiger partial charge in [-0.3, -0.25) is 29.0 Å². The Bertz CT molecular complexity index is 915. The Labute approximate surface area is 190 Å². The molecule has 4 amide bonds. The van der Waals surface area contributed by atoms with Gasteiger partial charge in [-0.1, -0.05) is 24.3 Å². The van der Waals surface area contributed by atoms with E-state index in [0.29, 0.717) is 48.7 Å². The first-order valence-corrected chi connectivity index (χ1v) is 10.7. The first-order chi connectivity index (χ1) is 16.1. The van der Waals surface area contributed by atoms with Crippen molar-refractivity contribution in [3.05, 3.63) is 70.8 Å². The van der Waals surface area contributed by atoms with Gasteiger partial charge >= 0.3 is 0 Å². The summed E-state index contributed by atoms with van der Waals surface area (Å²) in [5.41, 5.74) is 1.70. The van der Waals surface area contributed by atoms with Gasteiger partial charge in [-0.05, 0) is 24.3 Å². The molecule has 2 aliphatic rings. The van der Waals surface area contributed by atoms with Crippen molar-refractivity contribution in [1.82, 2.24) is 9.80 Å². The van der Waals surface area contributed by atoms with Crippen LogP contribution < -0.4 is 0 Å². The van der Waals surface area contributed by atoms with Crippen LogP contribution in [0.2, 0.25) is 0 Å². The summed E-state index contributed by atoms with van der Waals surface area (Å²) in [4.78, 5) is 51.4. The maximum atomic E-state index is 12.2. The minimum Gasteiger partial charge on any atom is -0.377 e. The van der Waals surface area contributed by atoms with Gasteiger partial charge in [-0.15, -0.1) is 0 Å². The molecular formula is C24H24N2O7. The summed E-state index contributed by atoms with van der Waals surface area (Å²) in [5.74, 6) is -1.19. The zero-order valence-electron chi connectivity index (χ0n) is 18.0. The number of rotatable bonds is 12. The van der Waals surface area contributed by atoms with Gasteiger partial charge in [-0.25, -0.2) is 0 Å². The highest BCUT2D eigenvalue weighted by Gasteiger charge is 2.35. The van der Waals surface area contributed by atoms with Crippen molar-refractivity contribution in [2.24, 2.45) is 0 Å². The van der Waals surface area contributed by atoms with E-state index in [1.54, 1.807) is 48.5 Å². The van der Waals surface area contributed by atoms with Crippen LogP contribution in [0.1, 0.15) is 41.4 Å². The predicted octanol–water partition coefficient (Wildman–Crippen LogP) is 1.63. The maximum Gasteiger partial charge on any atom is 0.261 e. The number of carbonyl (C=O) groups is 4. The highest BCUT2D eigenvalue weighted by molar-refractivity contribution is 6.22. The molecule has 2 aromatic carbocycles.